The Morgan fingerprint density at radius 1 is 1.36 bits per heavy atom. The lowest BCUT2D eigenvalue weighted by atomic mass is 10.1. The van der Waals surface area contributed by atoms with Gasteiger partial charge in [-0.05, 0) is 46.6 Å². The fourth-order valence-corrected chi connectivity index (χ4v) is 1.52. The van der Waals surface area contributed by atoms with Crippen LogP contribution in [-0.4, -0.2) is 22.8 Å². The smallest absolute Gasteiger partial charge is 0.392 e. The van der Waals surface area contributed by atoms with E-state index in [4.69, 9.17) is 10.8 Å². The van der Waals surface area contributed by atoms with Gasteiger partial charge in [0.05, 0.1) is 6.61 Å². The first-order valence-electron chi connectivity index (χ1n) is 7.15. The molecule has 0 saturated heterocycles. The van der Waals surface area contributed by atoms with Gasteiger partial charge < -0.3 is 15.6 Å². The summed E-state index contributed by atoms with van der Waals surface area (Å²) in [6.07, 6.45) is 6.92. The number of hydrogen-bond donors (Lipinski definition) is 2. The van der Waals surface area contributed by atoms with Crippen LogP contribution in [0.25, 0.3) is 0 Å². The van der Waals surface area contributed by atoms with Crippen molar-refractivity contribution in [3.8, 4) is 5.88 Å². The van der Waals surface area contributed by atoms with Gasteiger partial charge in [0.25, 0.3) is 0 Å². The number of aromatic nitrogens is 1. The van der Waals surface area contributed by atoms with Crippen molar-refractivity contribution < 1.29 is 14.6 Å². The van der Waals surface area contributed by atoms with Gasteiger partial charge in [0.15, 0.2) is 0 Å². The summed E-state index contributed by atoms with van der Waals surface area (Å²) >= 11 is 0. The van der Waals surface area contributed by atoms with E-state index in [-0.39, 0.29) is 12.5 Å². The fourth-order valence-electron chi connectivity index (χ4n) is 1.52. The molecular weight excluding hydrogens is 280 g/mol. The Hall–Kier alpha value is -2.14. The summed E-state index contributed by atoms with van der Waals surface area (Å²) in [7, 11) is 0. The minimum absolute atomic E-state index is 0.167. The van der Waals surface area contributed by atoms with Crippen LogP contribution in [0.2, 0.25) is 0 Å². The average molecular weight is 306 g/mol. The molecule has 22 heavy (non-hydrogen) atoms. The van der Waals surface area contributed by atoms with Gasteiger partial charge in [-0.2, -0.15) is 0 Å². The maximum atomic E-state index is 10.3. The van der Waals surface area contributed by atoms with Crippen molar-refractivity contribution in [2.45, 2.75) is 40.5 Å². The minimum atomic E-state index is -0.841. The molecule has 0 spiro atoms. The molecule has 0 bridgehead atoms. The number of primary amides is 1. The number of pyridine rings is 1. The molecule has 0 saturated carbocycles. The maximum absolute atomic E-state index is 10.3. The Kier molecular flexibility index (Phi) is 10.4. The van der Waals surface area contributed by atoms with E-state index in [2.05, 4.69) is 36.6 Å². The van der Waals surface area contributed by atoms with E-state index < -0.39 is 6.09 Å². The molecule has 122 valence electrons. The van der Waals surface area contributed by atoms with E-state index in [0.717, 1.165) is 18.4 Å². The van der Waals surface area contributed by atoms with Gasteiger partial charge in [-0.25, -0.2) is 9.78 Å². The fraction of sp³-hybridized carbons (Fsp3) is 0.412. The molecule has 5 nitrogen and oxygen atoms in total. The molecule has 0 unspecified atom stereocenters. The normalized spacial score (nSPS) is 10.3. The van der Waals surface area contributed by atoms with Crippen LogP contribution in [0.15, 0.2) is 41.6 Å². The van der Waals surface area contributed by atoms with Crippen molar-refractivity contribution in [3.63, 3.8) is 0 Å². The number of carbonyl (C=O) groups excluding carboxylic acids is 1. The third kappa shape index (κ3) is 10.6. The molecule has 1 heterocycles. The molecule has 5 heteroatoms. The number of hydrogen-bond acceptors (Lipinski definition) is 4. The number of allylic oxidation sites excluding steroid dienone is 3. The third-order valence-corrected chi connectivity index (χ3v) is 2.69. The van der Waals surface area contributed by atoms with Crippen molar-refractivity contribution in [3.05, 3.63) is 47.2 Å². The topological polar surface area (TPSA) is 85.4 Å². The first-order valence-corrected chi connectivity index (χ1v) is 7.15. The lowest BCUT2D eigenvalue weighted by Gasteiger charge is -2.00. The minimum Gasteiger partial charge on any atom is -0.392 e. The summed E-state index contributed by atoms with van der Waals surface area (Å²) < 4.78 is 4.57. The highest BCUT2D eigenvalue weighted by atomic mass is 16.6. The summed E-state index contributed by atoms with van der Waals surface area (Å²) in [6.45, 7) is 8.21. The van der Waals surface area contributed by atoms with E-state index >= 15 is 0 Å². The number of aryl methyl sites for hydroxylation is 1. The zero-order chi connectivity index (χ0) is 17.0. The second-order valence-electron chi connectivity index (χ2n) is 5.10. The van der Waals surface area contributed by atoms with Gasteiger partial charge in [0.2, 0.25) is 5.88 Å². The molecule has 1 aromatic heterocycles. The highest BCUT2D eigenvalue weighted by Crippen LogP contribution is 2.11. The van der Waals surface area contributed by atoms with Crippen molar-refractivity contribution in [1.82, 2.24) is 4.98 Å². The van der Waals surface area contributed by atoms with Crippen LogP contribution in [0.3, 0.4) is 0 Å². The summed E-state index contributed by atoms with van der Waals surface area (Å²) in [5.41, 5.74) is 8.21. The maximum Gasteiger partial charge on any atom is 0.411 e. The molecular formula is C17H26N2O3. The second kappa shape index (κ2) is 11.5. The Bertz CT molecular complexity index is 518. The number of rotatable bonds is 5. The number of aliphatic hydroxyl groups is 1. The lowest BCUT2D eigenvalue weighted by molar-refractivity contribution is 0.208. The molecule has 3 N–H and O–H groups in total. The molecule has 1 aromatic rings. The SMILES string of the molecule is CC(C)=CCC/C(C)=C\CO.Cc1cccnc1OC(N)=O. The van der Waals surface area contributed by atoms with E-state index in [1.165, 1.54) is 17.3 Å². The molecule has 1 rings (SSSR count). The van der Waals surface area contributed by atoms with Crippen LogP contribution in [0.1, 0.15) is 39.2 Å². The first kappa shape index (κ1) is 19.9. The number of amides is 1. The van der Waals surface area contributed by atoms with Crippen LogP contribution in [0.5, 0.6) is 5.88 Å². The molecule has 0 radical (unpaired) electrons. The van der Waals surface area contributed by atoms with Gasteiger partial charge in [-0.1, -0.05) is 29.4 Å². The van der Waals surface area contributed by atoms with Gasteiger partial charge in [0.1, 0.15) is 0 Å². The van der Waals surface area contributed by atoms with Gasteiger partial charge in [-0.3, -0.25) is 0 Å². The molecule has 0 aromatic carbocycles. The van der Waals surface area contributed by atoms with Gasteiger partial charge in [0, 0.05) is 11.8 Å². The van der Waals surface area contributed by atoms with E-state index in [9.17, 15) is 4.79 Å². The van der Waals surface area contributed by atoms with Crippen LogP contribution in [-0.2, 0) is 0 Å². The van der Waals surface area contributed by atoms with Crippen molar-refractivity contribution >= 4 is 6.09 Å². The predicted octanol–water partition coefficient (Wildman–Crippen LogP) is 3.52. The van der Waals surface area contributed by atoms with Crippen LogP contribution in [0, 0.1) is 6.92 Å². The Labute approximate surface area is 132 Å². The summed E-state index contributed by atoms with van der Waals surface area (Å²) in [4.78, 5) is 14.1. The van der Waals surface area contributed by atoms with Gasteiger partial charge in [-0.15, -0.1) is 0 Å². The van der Waals surface area contributed by atoms with Gasteiger partial charge >= 0.3 is 6.09 Å². The number of nitrogens with zero attached hydrogens (tertiary/aromatic N) is 1. The molecule has 1 amide bonds. The second-order valence-corrected chi connectivity index (χ2v) is 5.10. The largest absolute Gasteiger partial charge is 0.411 e. The van der Waals surface area contributed by atoms with Crippen LogP contribution >= 0.6 is 0 Å². The Balaban J connectivity index is 0.000000401. The van der Waals surface area contributed by atoms with Crippen LogP contribution in [0.4, 0.5) is 4.79 Å². The van der Waals surface area contributed by atoms with E-state index in [1.807, 2.05) is 6.08 Å². The summed E-state index contributed by atoms with van der Waals surface area (Å²) in [6, 6.07) is 3.54. The Morgan fingerprint density at radius 3 is 2.55 bits per heavy atom. The third-order valence-electron chi connectivity index (χ3n) is 2.69. The van der Waals surface area contributed by atoms with Crippen molar-refractivity contribution in [2.24, 2.45) is 5.73 Å². The molecule has 0 aliphatic carbocycles. The summed E-state index contributed by atoms with van der Waals surface area (Å²) in [5.74, 6) is 0.264. The zero-order valence-electron chi connectivity index (χ0n) is 13.8. The van der Waals surface area contributed by atoms with Crippen LogP contribution < -0.4 is 10.5 Å². The number of ether oxygens (including phenoxy) is 1. The molecule has 0 aliphatic heterocycles. The molecule has 0 fully saturated rings. The molecule has 0 aliphatic rings. The lowest BCUT2D eigenvalue weighted by Crippen LogP contribution is -2.17. The van der Waals surface area contributed by atoms with E-state index in [1.54, 1.807) is 19.1 Å². The highest BCUT2D eigenvalue weighted by Gasteiger charge is 2.01. The summed E-state index contributed by atoms with van der Waals surface area (Å²) in [5, 5.41) is 8.55. The standard InChI is InChI=1S/C10H18O.C7H8N2O2/c1-9(2)5-4-6-10(3)7-8-11;1-5-3-2-4-9-6(5)11-7(8)10/h5,7,11H,4,6,8H2,1-3H3;2-4H,1H3,(H2,8,10)/b10-7-;. The van der Waals surface area contributed by atoms with E-state index in [0.29, 0.717) is 0 Å². The first-order chi connectivity index (χ1) is 10.4. The zero-order valence-corrected chi connectivity index (χ0v) is 13.8. The monoisotopic (exact) mass is 306 g/mol. The van der Waals surface area contributed by atoms with Crippen molar-refractivity contribution in [1.29, 1.82) is 0 Å². The van der Waals surface area contributed by atoms with Crippen molar-refractivity contribution in [2.75, 3.05) is 6.61 Å². The Morgan fingerprint density at radius 2 is 2.05 bits per heavy atom. The number of carbonyl (C=O) groups is 1. The highest BCUT2D eigenvalue weighted by molar-refractivity contribution is 5.67. The number of aliphatic hydroxyl groups excluding tert-OH is 1. The average Bonchev–Trinajstić information content (AvgIpc) is 2.41. The molecule has 0 atom stereocenters. The quantitative estimate of drug-likeness (QED) is 0.815. The number of nitrogens with two attached hydrogens (primary N) is 1. The predicted molar refractivity (Wildman–Crippen MR) is 88.7 cm³/mol.